The van der Waals surface area contributed by atoms with Crippen molar-refractivity contribution in [2.45, 2.75) is 19.4 Å². The first-order valence-corrected chi connectivity index (χ1v) is 9.80. The number of carbonyl (C=O) groups excluding carboxylic acids is 2. The molecule has 0 unspecified atom stereocenters. The van der Waals surface area contributed by atoms with Crippen molar-refractivity contribution in [1.82, 2.24) is 0 Å². The van der Waals surface area contributed by atoms with Gasteiger partial charge in [-0.2, -0.15) is 0 Å². The van der Waals surface area contributed by atoms with Crippen LogP contribution in [0.3, 0.4) is 0 Å². The summed E-state index contributed by atoms with van der Waals surface area (Å²) < 4.78 is 13.5. The van der Waals surface area contributed by atoms with Crippen LogP contribution in [0.25, 0.3) is 0 Å². The summed E-state index contributed by atoms with van der Waals surface area (Å²) in [6, 6.07) is 11.1. The summed E-state index contributed by atoms with van der Waals surface area (Å²) in [6.45, 7) is 5.14. The zero-order valence-electron chi connectivity index (χ0n) is 15.6. The largest absolute Gasteiger partial charge is 0.360 e. The Labute approximate surface area is 168 Å². The lowest BCUT2D eigenvalue weighted by Crippen LogP contribution is -3.19. The Balaban J connectivity index is 1.46. The molecule has 2 heterocycles. The highest BCUT2D eigenvalue weighted by molar-refractivity contribution is 6.30. The highest BCUT2D eigenvalue weighted by Crippen LogP contribution is 2.25. The van der Waals surface area contributed by atoms with Gasteiger partial charge in [-0.25, -0.2) is 9.29 Å². The number of carbonyl (C=O) groups is 2. The van der Waals surface area contributed by atoms with Gasteiger partial charge in [-0.05, 0) is 42.8 Å². The van der Waals surface area contributed by atoms with Crippen LogP contribution in [0.5, 0.6) is 0 Å². The first-order chi connectivity index (χ1) is 13.4. The van der Waals surface area contributed by atoms with Gasteiger partial charge in [0.15, 0.2) is 6.04 Å². The molecule has 0 aliphatic carbocycles. The van der Waals surface area contributed by atoms with Crippen molar-refractivity contribution in [3.05, 3.63) is 58.9 Å². The van der Waals surface area contributed by atoms with E-state index in [0.717, 1.165) is 47.2 Å². The molecule has 2 aromatic rings. The van der Waals surface area contributed by atoms with E-state index in [1.807, 2.05) is 18.2 Å². The topological polar surface area (TPSA) is 45.1 Å². The minimum atomic E-state index is -0.459. The summed E-state index contributed by atoms with van der Waals surface area (Å²) in [7, 11) is 0. The number of hydrogen-bond donors (Lipinski definition) is 1. The van der Waals surface area contributed by atoms with Crippen molar-refractivity contribution in [2.24, 2.45) is 0 Å². The summed E-state index contributed by atoms with van der Waals surface area (Å²) in [5, 5.41) is 0.706. The van der Waals surface area contributed by atoms with E-state index in [0.29, 0.717) is 10.7 Å². The first kappa shape index (κ1) is 18.9. The number of rotatable bonds is 3. The van der Waals surface area contributed by atoms with Gasteiger partial charge in [0.05, 0.1) is 38.3 Å². The van der Waals surface area contributed by atoms with Crippen LogP contribution < -0.4 is 14.7 Å². The summed E-state index contributed by atoms with van der Waals surface area (Å²) in [5.41, 5.74) is 2.59. The summed E-state index contributed by atoms with van der Waals surface area (Å²) in [4.78, 5) is 29.9. The number of benzene rings is 2. The molecule has 4 rings (SSSR count). The molecule has 146 valence electrons. The number of aryl methyl sites for hydroxylation is 1. The number of halogens is 2. The Kier molecular flexibility index (Phi) is 5.08. The number of amides is 2. The van der Waals surface area contributed by atoms with Gasteiger partial charge in [0.1, 0.15) is 5.82 Å². The first-order valence-electron chi connectivity index (χ1n) is 9.42. The van der Waals surface area contributed by atoms with Crippen molar-refractivity contribution >= 4 is 34.8 Å². The van der Waals surface area contributed by atoms with Gasteiger partial charge < -0.3 is 9.80 Å². The van der Waals surface area contributed by atoms with E-state index in [2.05, 4.69) is 11.8 Å². The molecule has 0 saturated carbocycles. The van der Waals surface area contributed by atoms with E-state index in [-0.39, 0.29) is 18.2 Å². The monoisotopic (exact) mass is 402 g/mol. The van der Waals surface area contributed by atoms with Crippen molar-refractivity contribution in [3.63, 3.8) is 0 Å². The fraction of sp³-hybridized carbons (Fsp3) is 0.333. The zero-order valence-corrected chi connectivity index (χ0v) is 16.4. The summed E-state index contributed by atoms with van der Waals surface area (Å²) >= 11 is 6.14. The number of nitrogens with one attached hydrogen (secondary N) is 1. The maximum absolute atomic E-state index is 13.5. The minimum absolute atomic E-state index is 0.168. The molecule has 0 spiro atoms. The number of quaternary nitrogens is 1. The number of hydrogen-bond acceptors (Lipinski definition) is 3. The summed E-state index contributed by atoms with van der Waals surface area (Å²) in [6.07, 6.45) is 0.168. The van der Waals surface area contributed by atoms with E-state index in [1.54, 1.807) is 6.07 Å². The molecule has 2 aromatic carbocycles. The molecule has 2 aliphatic heterocycles. The van der Waals surface area contributed by atoms with Crippen molar-refractivity contribution in [1.29, 1.82) is 0 Å². The molecule has 2 saturated heterocycles. The average Bonchev–Trinajstić information content (AvgIpc) is 2.98. The van der Waals surface area contributed by atoms with Crippen LogP contribution in [-0.4, -0.2) is 44.0 Å². The predicted molar refractivity (Wildman–Crippen MR) is 106 cm³/mol. The van der Waals surface area contributed by atoms with Crippen molar-refractivity contribution in [2.75, 3.05) is 36.0 Å². The SMILES string of the molecule is Cc1ccc(Cl)cc1N1CC[NH+]([C@H]2CC(=O)N(c3cccc(F)c3)C2=O)CC1. The van der Waals surface area contributed by atoms with Crippen LogP contribution in [0.2, 0.25) is 5.02 Å². The molecule has 1 N–H and O–H groups in total. The van der Waals surface area contributed by atoms with Gasteiger partial charge in [0.2, 0.25) is 5.91 Å². The molecular formula is C21H22ClFN3O2+. The van der Waals surface area contributed by atoms with Gasteiger partial charge in [0.25, 0.3) is 5.91 Å². The average molecular weight is 403 g/mol. The number of imide groups is 1. The van der Waals surface area contributed by atoms with Crippen molar-refractivity contribution in [3.8, 4) is 0 Å². The molecule has 7 heteroatoms. The normalized spacial score (nSPS) is 20.9. The molecule has 2 amide bonds. The van der Waals surface area contributed by atoms with E-state index >= 15 is 0 Å². The van der Waals surface area contributed by atoms with Crippen molar-refractivity contribution < 1.29 is 18.9 Å². The smallest absolute Gasteiger partial charge is 0.292 e. The second kappa shape index (κ2) is 7.53. The molecule has 1 atom stereocenters. The van der Waals surface area contributed by atoms with Crippen LogP contribution in [-0.2, 0) is 9.59 Å². The standard InChI is InChI=1S/C21H21ClFN3O2/c1-14-5-6-15(22)11-18(14)24-7-9-25(10-8-24)19-13-20(27)26(21(19)28)17-4-2-3-16(23)12-17/h2-6,11-12,19H,7-10,13H2,1H3/p+1/t19-/m0/s1. The number of piperazine rings is 1. The van der Waals surface area contributed by atoms with Gasteiger partial charge in [-0.15, -0.1) is 0 Å². The second-order valence-electron chi connectivity index (χ2n) is 7.38. The van der Waals surface area contributed by atoms with Gasteiger partial charge in [-0.1, -0.05) is 23.7 Å². The van der Waals surface area contributed by atoms with Crippen LogP contribution in [0.4, 0.5) is 15.8 Å². The highest BCUT2D eigenvalue weighted by atomic mass is 35.5. The van der Waals surface area contributed by atoms with Crippen LogP contribution >= 0.6 is 11.6 Å². The third-order valence-electron chi connectivity index (χ3n) is 5.62. The van der Waals surface area contributed by atoms with E-state index in [1.165, 1.54) is 18.2 Å². The molecule has 0 aromatic heterocycles. The van der Waals surface area contributed by atoms with Crippen LogP contribution in [0.1, 0.15) is 12.0 Å². The fourth-order valence-corrected chi connectivity index (χ4v) is 4.31. The maximum Gasteiger partial charge on any atom is 0.292 e. The lowest BCUT2D eigenvalue weighted by Gasteiger charge is -2.36. The zero-order chi connectivity index (χ0) is 19.8. The quantitative estimate of drug-likeness (QED) is 0.797. The van der Waals surface area contributed by atoms with Gasteiger partial charge in [0, 0.05) is 10.7 Å². The molecule has 0 bridgehead atoms. The Morgan fingerprint density at radius 2 is 1.86 bits per heavy atom. The molecule has 5 nitrogen and oxygen atoms in total. The van der Waals surface area contributed by atoms with Gasteiger partial charge >= 0.3 is 0 Å². The lowest BCUT2D eigenvalue weighted by molar-refractivity contribution is -0.915. The van der Waals surface area contributed by atoms with Crippen LogP contribution in [0, 0.1) is 12.7 Å². The third kappa shape index (κ3) is 3.50. The molecule has 2 fully saturated rings. The highest BCUT2D eigenvalue weighted by Gasteiger charge is 2.46. The van der Waals surface area contributed by atoms with E-state index in [9.17, 15) is 14.0 Å². The predicted octanol–water partition coefficient (Wildman–Crippen LogP) is 1.82. The van der Waals surface area contributed by atoms with E-state index < -0.39 is 11.9 Å². The summed E-state index contributed by atoms with van der Waals surface area (Å²) in [5.74, 6) is -0.960. The Bertz CT molecular complexity index is 928. The molecule has 2 aliphatic rings. The minimum Gasteiger partial charge on any atom is -0.360 e. The molecular weight excluding hydrogens is 381 g/mol. The Hall–Kier alpha value is -2.44. The third-order valence-corrected chi connectivity index (χ3v) is 5.86. The molecule has 0 radical (unpaired) electrons. The second-order valence-corrected chi connectivity index (χ2v) is 7.82. The van der Waals surface area contributed by atoms with Crippen LogP contribution in [0.15, 0.2) is 42.5 Å². The molecule has 28 heavy (non-hydrogen) atoms. The lowest BCUT2D eigenvalue weighted by atomic mass is 10.1. The van der Waals surface area contributed by atoms with Gasteiger partial charge in [-0.3, -0.25) is 9.59 Å². The maximum atomic E-state index is 13.5. The van der Waals surface area contributed by atoms with E-state index in [4.69, 9.17) is 11.6 Å². The number of anilines is 2. The Morgan fingerprint density at radius 3 is 2.57 bits per heavy atom. The Morgan fingerprint density at radius 1 is 1.11 bits per heavy atom. The fourth-order valence-electron chi connectivity index (χ4n) is 4.14. The number of nitrogens with zero attached hydrogens (tertiary/aromatic N) is 2.